The third kappa shape index (κ3) is 7.82. The summed E-state index contributed by atoms with van der Waals surface area (Å²) < 4.78 is 10.2. The maximum Gasteiger partial charge on any atom is 0.0589 e. The highest BCUT2D eigenvalue weighted by molar-refractivity contribution is 5.42. The van der Waals surface area contributed by atoms with Gasteiger partial charge in [-0.25, -0.2) is 0 Å². The molecule has 1 aromatic rings. The van der Waals surface area contributed by atoms with Crippen molar-refractivity contribution in [3.63, 3.8) is 0 Å². The van der Waals surface area contributed by atoms with Crippen LogP contribution in [-0.2, 0) is 9.47 Å². The zero-order valence-corrected chi connectivity index (χ0v) is 12.1. The van der Waals surface area contributed by atoms with E-state index >= 15 is 0 Å². The summed E-state index contributed by atoms with van der Waals surface area (Å²) in [6.45, 7) is 5.57. The van der Waals surface area contributed by atoms with Gasteiger partial charge in [-0.2, -0.15) is 0 Å². The van der Waals surface area contributed by atoms with Gasteiger partial charge in [0.2, 0.25) is 0 Å². The minimum atomic E-state index is 0.776. The molecule has 0 aromatic heterocycles. The first kappa shape index (κ1) is 16.0. The van der Waals surface area contributed by atoms with Gasteiger partial charge in [-0.05, 0) is 18.6 Å². The minimum Gasteiger partial charge on any atom is -0.385 e. The highest BCUT2D eigenvalue weighted by Crippen LogP contribution is 2.04. The molecule has 0 heterocycles. The maximum absolute atomic E-state index is 5.15. The molecule has 108 valence electrons. The molecule has 0 aliphatic heterocycles. The van der Waals surface area contributed by atoms with Gasteiger partial charge in [0.05, 0.1) is 6.61 Å². The number of rotatable bonds is 11. The van der Waals surface area contributed by atoms with Gasteiger partial charge in [-0.1, -0.05) is 18.2 Å². The number of anilines is 1. The normalized spacial score (nSPS) is 10.9. The number of hydrogen-bond acceptors (Lipinski definition) is 4. The second-order valence-electron chi connectivity index (χ2n) is 4.47. The number of ether oxygens (including phenoxy) is 2. The molecule has 0 unspecified atom stereocenters. The average molecular weight is 266 g/mol. The second-order valence-corrected chi connectivity index (χ2v) is 4.47. The standard InChI is InChI=1S/C15H26N2O2/c1-18-13-6-10-17(12-14-19-2)11-9-16-15-7-4-3-5-8-15/h3-5,7-8,16H,6,9-14H2,1-2H3. The summed E-state index contributed by atoms with van der Waals surface area (Å²) in [5.74, 6) is 0. The van der Waals surface area contributed by atoms with Crippen molar-refractivity contribution in [1.29, 1.82) is 0 Å². The van der Waals surface area contributed by atoms with Crippen LogP contribution < -0.4 is 5.32 Å². The number of para-hydroxylation sites is 1. The Morgan fingerprint density at radius 3 is 2.37 bits per heavy atom. The van der Waals surface area contributed by atoms with Gasteiger partial charge in [0.25, 0.3) is 0 Å². The van der Waals surface area contributed by atoms with E-state index in [-0.39, 0.29) is 0 Å². The van der Waals surface area contributed by atoms with Crippen molar-refractivity contribution in [2.45, 2.75) is 6.42 Å². The van der Waals surface area contributed by atoms with Crippen molar-refractivity contribution >= 4 is 5.69 Å². The largest absolute Gasteiger partial charge is 0.385 e. The zero-order valence-electron chi connectivity index (χ0n) is 12.1. The minimum absolute atomic E-state index is 0.776. The summed E-state index contributed by atoms with van der Waals surface area (Å²) in [5.41, 5.74) is 1.17. The number of benzene rings is 1. The summed E-state index contributed by atoms with van der Waals surface area (Å²) in [6, 6.07) is 10.3. The third-order valence-corrected chi connectivity index (χ3v) is 2.97. The molecule has 0 aliphatic carbocycles. The van der Waals surface area contributed by atoms with Crippen LogP contribution in [-0.4, -0.2) is 58.5 Å². The average Bonchev–Trinajstić information content (AvgIpc) is 2.45. The van der Waals surface area contributed by atoms with Crippen molar-refractivity contribution in [1.82, 2.24) is 4.90 Å². The highest BCUT2D eigenvalue weighted by atomic mass is 16.5. The summed E-state index contributed by atoms with van der Waals surface area (Å²) >= 11 is 0. The van der Waals surface area contributed by atoms with Crippen LogP contribution in [0.15, 0.2) is 30.3 Å². The molecule has 0 bridgehead atoms. The quantitative estimate of drug-likeness (QED) is 0.622. The van der Waals surface area contributed by atoms with Gasteiger partial charge < -0.3 is 14.8 Å². The Bertz CT molecular complexity index is 306. The van der Waals surface area contributed by atoms with Crippen LogP contribution in [0.3, 0.4) is 0 Å². The Hall–Kier alpha value is -1.10. The lowest BCUT2D eigenvalue weighted by molar-refractivity contribution is 0.135. The van der Waals surface area contributed by atoms with E-state index in [0.717, 1.165) is 45.8 Å². The molecule has 0 amide bonds. The lowest BCUT2D eigenvalue weighted by Gasteiger charge is -2.22. The Labute approximate surface area is 116 Å². The van der Waals surface area contributed by atoms with Crippen LogP contribution in [0.25, 0.3) is 0 Å². The molecule has 1 N–H and O–H groups in total. The first-order valence-electron chi connectivity index (χ1n) is 6.86. The molecule has 0 saturated heterocycles. The Morgan fingerprint density at radius 2 is 1.68 bits per heavy atom. The molecule has 0 radical (unpaired) electrons. The Morgan fingerprint density at radius 1 is 0.947 bits per heavy atom. The molecular weight excluding hydrogens is 240 g/mol. The van der Waals surface area contributed by atoms with Gasteiger partial charge in [0.15, 0.2) is 0 Å². The summed E-state index contributed by atoms with van der Waals surface area (Å²) in [7, 11) is 3.49. The van der Waals surface area contributed by atoms with Crippen LogP contribution in [0.2, 0.25) is 0 Å². The fraction of sp³-hybridized carbons (Fsp3) is 0.600. The van der Waals surface area contributed by atoms with E-state index in [4.69, 9.17) is 9.47 Å². The Balaban J connectivity index is 2.22. The molecule has 1 rings (SSSR count). The zero-order chi connectivity index (χ0) is 13.8. The van der Waals surface area contributed by atoms with Crippen molar-refractivity contribution in [3.8, 4) is 0 Å². The topological polar surface area (TPSA) is 33.7 Å². The molecule has 0 atom stereocenters. The highest BCUT2D eigenvalue weighted by Gasteiger charge is 2.04. The number of hydrogen-bond donors (Lipinski definition) is 1. The van der Waals surface area contributed by atoms with Crippen molar-refractivity contribution in [2.75, 3.05) is 58.9 Å². The van der Waals surface area contributed by atoms with Crippen LogP contribution in [0.4, 0.5) is 5.69 Å². The molecule has 4 heteroatoms. The van der Waals surface area contributed by atoms with E-state index in [1.807, 2.05) is 18.2 Å². The van der Waals surface area contributed by atoms with Gasteiger partial charge >= 0.3 is 0 Å². The van der Waals surface area contributed by atoms with E-state index in [1.165, 1.54) is 5.69 Å². The van der Waals surface area contributed by atoms with Gasteiger partial charge in [-0.3, -0.25) is 4.90 Å². The lowest BCUT2D eigenvalue weighted by Crippen LogP contribution is -2.33. The van der Waals surface area contributed by atoms with Crippen molar-refractivity contribution in [3.05, 3.63) is 30.3 Å². The third-order valence-electron chi connectivity index (χ3n) is 2.97. The smallest absolute Gasteiger partial charge is 0.0589 e. The first-order chi connectivity index (χ1) is 9.36. The van der Waals surface area contributed by atoms with Crippen LogP contribution in [0, 0.1) is 0 Å². The van der Waals surface area contributed by atoms with Crippen LogP contribution in [0.5, 0.6) is 0 Å². The van der Waals surface area contributed by atoms with E-state index in [0.29, 0.717) is 0 Å². The molecular formula is C15H26N2O2. The van der Waals surface area contributed by atoms with Gasteiger partial charge in [0.1, 0.15) is 0 Å². The van der Waals surface area contributed by atoms with E-state index in [2.05, 4.69) is 22.3 Å². The Kier molecular flexibility index (Phi) is 9.06. The molecule has 0 saturated carbocycles. The number of nitrogens with one attached hydrogen (secondary N) is 1. The molecule has 0 fully saturated rings. The SMILES string of the molecule is COCCCN(CCNc1ccccc1)CCOC. The van der Waals surface area contributed by atoms with Crippen molar-refractivity contribution in [2.24, 2.45) is 0 Å². The van der Waals surface area contributed by atoms with Gasteiger partial charge in [0, 0.05) is 52.7 Å². The fourth-order valence-electron chi connectivity index (χ4n) is 1.90. The maximum atomic E-state index is 5.15. The predicted molar refractivity (Wildman–Crippen MR) is 79.7 cm³/mol. The van der Waals surface area contributed by atoms with Crippen LogP contribution in [0.1, 0.15) is 6.42 Å². The molecule has 4 nitrogen and oxygen atoms in total. The molecule has 0 spiro atoms. The van der Waals surface area contributed by atoms with E-state index in [9.17, 15) is 0 Å². The first-order valence-corrected chi connectivity index (χ1v) is 6.86. The molecule has 19 heavy (non-hydrogen) atoms. The summed E-state index contributed by atoms with van der Waals surface area (Å²) in [6.07, 6.45) is 1.06. The monoisotopic (exact) mass is 266 g/mol. The van der Waals surface area contributed by atoms with Crippen LogP contribution >= 0.6 is 0 Å². The molecule has 0 aliphatic rings. The lowest BCUT2D eigenvalue weighted by atomic mass is 10.3. The summed E-state index contributed by atoms with van der Waals surface area (Å²) in [4.78, 5) is 2.40. The predicted octanol–water partition coefficient (Wildman–Crippen LogP) is 2.08. The number of nitrogens with zero attached hydrogens (tertiary/aromatic N) is 1. The summed E-state index contributed by atoms with van der Waals surface area (Å²) in [5, 5.41) is 3.43. The second kappa shape index (κ2) is 10.8. The molecule has 1 aromatic carbocycles. The number of methoxy groups -OCH3 is 2. The van der Waals surface area contributed by atoms with Crippen molar-refractivity contribution < 1.29 is 9.47 Å². The fourth-order valence-corrected chi connectivity index (χ4v) is 1.90. The van der Waals surface area contributed by atoms with Gasteiger partial charge in [-0.15, -0.1) is 0 Å². The van der Waals surface area contributed by atoms with E-state index < -0.39 is 0 Å². The van der Waals surface area contributed by atoms with E-state index in [1.54, 1.807) is 14.2 Å².